The number of hydrogen-bond acceptors (Lipinski definition) is 4. The van der Waals surface area contributed by atoms with E-state index in [0.29, 0.717) is 35.1 Å². The monoisotopic (exact) mass is 443 g/mol. The number of nitrogens with one attached hydrogen (secondary N) is 1. The second-order valence-corrected chi connectivity index (χ2v) is 8.45. The number of hydrogen-bond donors (Lipinski definition) is 2. The smallest absolute Gasteiger partial charge is 0.251 e. The lowest BCUT2D eigenvalue weighted by molar-refractivity contribution is 0.0929. The van der Waals surface area contributed by atoms with Crippen LogP contribution in [0.5, 0.6) is 11.5 Å². The molecule has 0 radical (unpaired) electrons. The number of nitrogens with two attached hydrogens (primary N) is 1. The minimum atomic E-state index is -0.478. The SMILES string of the molecule is NC(=O)c1ccc(Oc2ccc(C(=O)NCC3CCCN(Cc4ccccc4)C3)cc2)cc1. The van der Waals surface area contributed by atoms with Crippen molar-refractivity contribution >= 4 is 11.8 Å². The topological polar surface area (TPSA) is 84.7 Å². The summed E-state index contributed by atoms with van der Waals surface area (Å²) in [6, 6.07) is 24.2. The van der Waals surface area contributed by atoms with Crippen LogP contribution in [0.2, 0.25) is 0 Å². The molecule has 0 aliphatic carbocycles. The van der Waals surface area contributed by atoms with Crippen LogP contribution in [0.15, 0.2) is 78.9 Å². The van der Waals surface area contributed by atoms with Crippen molar-refractivity contribution < 1.29 is 14.3 Å². The van der Waals surface area contributed by atoms with Crippen molar-refractivity contribution in [3.05, 3.63) is 95.6 Å². The normalized spacial score (nSPS) is 16.2. The number of likely N-dealkylation sites (tertiary alicyclic amines) is 1. The molecule has 1 aliphatic heterocycles. The molecule has 33 heavy (non-hydrogen) atoms. The highest BCUT2D eigenvalue weighted by Gasteiger charge is 2.20. The fraction of sp³-hybridized carbons (Fsp3) is 0.259. The maximum Gasteiger partial charge on any atom is 0.251 e. The van der Waals surface area contributed by atoms with Gasteiger partial charge in [-0.05, 0) is 79.4 Å². The Balaban J connectivity index is 1.25. The predicted octanol–water partition coefficient (Wildman–Crippen LogP) is 4.22. The Morgan fingerprint density at radius 3 is 2.18 bits per heavy atom. The summed E-state index contributed by atoms with van der Waals surface area (Å²) < 4.78 is 5.77. The summed E-state index contributed by atoms with van der Waals surface area (Å²) in [5, 5.41) is 3.09. The van der Waals surface area contributed by atoms with Crippen LogP contribution in [0.1, 0.15) is 39.1 Å². The summed E-state index contributed by atoms with van der Waals surface area (Å²) in [5.74, 6) is 1.11. The zero-order valence-electron chi connectivity index (χ0n) is 18.6. The van der Waals surface area contributed by atoms with Crippen LogP contribution in [-0.2, 0) is 6.54 Å². The number of nitrogens with zero attached hydrogens (tertiary/aromatic N) is 1. The van der Waals surface area contributed by atoms with Crippen LogP contribution in [0.4, 0.5) is 0 Å². The molecular weight excluding hydrogens is 414 g/mol. The van der Waals surface area contributed by atoms with Crippen molar-refractivity contribution in [2.24, 2.45) is 11.7 Å². The van der Waals surface area contributed by atoms with Crippen molar-refractivity contribution in [3.63, 3.8) is 0 Å². The van der Waals surface area contributed by atoms with Gasteiger partial charge < -0.3 is 15.8 Å². The number of rotatable bonds is 8. The number of piperidine rings is 1. The molecule has 6 nitrogen and oxygen atoms in total. The molecule has 3 aromatic rings. The van der Waals surface area contributed by atoms with E-state index >= 15 is 0 Å². The number of carbonyl (C=O) groups excluding carboxylic acids is 2. The van der Waals surface area contributed by atoms with Gasteiger partial charge in [0.05, 0.1) is 0 Å². The predicted molar refractivity (Wildman–Crippen MR) is 128 cm³/mol. The number of amides is 2. The number of benzene rings is 3. The van der Waals surface area contributed by atoms with Crippen LogP contribution in [0, 0.1) is 5.92 Å². The van der Waals surface area contributed by atoms with E-state index in [1.54, 1.807) is 48.5 Å². The van der Waals surface area contributed by atoms with Gasteiger partial charge >= 0.3 is 0 Å². The average molecular weight is 444 g/mol. The van der Waals surface area contributed by atoms with Crippen molar-refractivity contribution in [1.82, 2.24) is 10.2 Å². The van der Waals surface area contributed by atoms with E-state index in [2.05, 4.69) is 34.5 Å². The molecule has 0 aromatic heterocycles. The minimum Gasteiger partial charge on any atom is -0.457 e. The second-order valence-electron chi connectivity index (χ2n) is 8.45. The number of primary amides is 1. The zero-order valence-corrected chi connectivity index (χ0v) is 18.6. The first kappa shape index (κ1) is 22.6. The maximum absolute atomic E-state index is 12.6. The highest BCUT2D eigenvalue weighted by atomic mass is 16.5. The van der Waals surface area contributed by atoms with Crippen LogP contribution in [0.3, 0.4) is 0 Å². The third-order valence-corrected chi connectivity index (χ3v) is 5.89. The summed E-state index contributed by atoms with van der Waals surface area (Å²) in [4.78, 5) is 26.2. The summed E-state index contributed by atoms with van der Waals surface area (Å²) >= 11 is 0. The van der Waals surface area contributed by atoms with Crippen LogP contribution in [0.25, 0.3) is 0 Å². The number of carbonyl (C=O) groups is 2. The van der Waals surface area contributed by atoms with E-state index in [1.807, 2.05) is 6.07 Å². The largest absolute Gasteiger partial charge is 0.457 e. The second kappa shape index (κ2) is 10.8. The van der Waals surface area contributed by atoms with Crippen LogP contribution >= 0.6 is 0 Å². The molecule has 0 spiro atoms. The highest BCUT2D eigenvalue weighted by molar-refractivity contribution is 5.94. The minimum absolute atomic E-state index is 0.0763. The van der Waals surface area contributed by atoms with Crippen molar-refractivity contribution in [2.75, 3.05) is 19.6 Å². The summed E-state index contributed by atoms with van der Waals surface area (Å²) in [5.41, 5.74) is 7.61. The Hall–Kier alpha value is -3.64. The van der Waals surface area contributed by atoms with Gasteiger partial charge in [0.15, 0.2) is 0 Å². The van der Waals surface area contributed by atoms with Gasteiger partial charge in [-0.25, -0.2) is 0 Å². The lowest BCUT2D eigenvalue weighted by Crippen LogP contribution is -2.40. The molecule has 3 N–H and O–H groups in total. The third kappa shape index (κ3) is 6.43. The number of ether oxygens (including phenoxy) is 1. The van der Waals surface area contributed by atoms with Gasteiger partial charge in [-0.15, -0.1) is 0 Å². The van der Waals surface area contributed by atoms with Gasteiger partial charge in [0.25, 0.3) is 5.91 Å². The Labute approximate surface area is 194 Å². The summed E-state index contributed by atoms with van der Waals surface area (Å²) in [6.07, 6.45) is 2.28. The molecule has 6 heteroatoms. The molecule has 2 amide bonds. The molecule has 1 aliphatic rings. The first-order valence-corrected chi connectivity index (χ1v) is 11.3. The van der Waals surface area contributed by atoms with E-state index in [0.717, 1.165) is 32.5 Å². The van der Waals surface area contributed by atoms with Crippen LogP contribution < -0.4 is 15.8 Å². The molecule has 3 aromatic carbocycles. The van der Waals surface area contributed by atoms with E-state index in [9.17, 15) is 9.59 Å². The molecular formula is C27H29N3O3. The van der Waals surface area contributed by atoms with Crippen molar-refractivity contribution in [3.8, 4) is 11.5 Å². The van der Waals surface area contributed by atoms with Crippen molar-refractivity contribution in [2.45, 2.75) is 19.4 Å². The van der Waals surface area contributed by atoms with Gasteiger partial charge in [-0.1, -0.05) is 30.3 Å². The van der Waals surface area contributed by atoms with E-state index < -0.39 is 5.91 Å². The maximum atomic E-state index is 12.6. The first-order valence-electron chi connectivity index (χ1n) is 11.3. The molecule has 1 unspecified atom stereocenters. The van der Waals surface area contributed by atoms with Crippen LogP contribution in [-0.4, -0.2) is 36.3 Å². The fourth-order valence-corrected chi connectivity index (χ4v) is 4.14. The molecule has 1 fully saturated rings. The molecule has 170 valence electrons. The lowest BCUT2D eigenvalue weighted by atomic mass is 9.97. The Bertz CT molecular complexity index is 1070. The third-order valence-electron chi connectivity index (χ3n) is 5.89. The zero-order chi connectivity index (χ0) is 23.0. The lowest BCUT2D eigenvalue weighted by Gasteiger charge is -2.32. The highest BCUT2D eigenvalue weighted by Crippen LogP contribution is 2.22. The van der Waals surface area contributed by atoms with Crippen molar-refractivity contribution in [1.29, 1.82) is 0 Å². The molecule has 4 rings (SSSR count). The van der Waals surface area contributed by atoms with E-state index in [-0.39, 0.29) is 5.91 Å². The van der Waals surface area contributed by atoms with E-state index in [4.69, 9.17) is 10.5 Å². The first-order chi connectivity index (χ1) is 16.1. The van der Waals surface area contributed by atoms with E-state index in [1.165, 1.54) is 5.56 Å². The molecule has 0 saturated carbocycles. The van der Waals surface area contributed by atoms with Gasteiger partial charge in [0.2, 0.25) is 5.91 Å². The average Bonchev–Trinajstić information content (AvgIpc) is 2.84. The van der Waals surface area contributed by atoms with Gasteiger partial charge in [0.1, 0.15) is 11.5 Å². The standard InChI is InChI=1S/C27H29N3O3/c28-26(31)22-8-12-24(13-9-22)33-25-14-10-23(11-15-25)27(32)29-17-21-7-4-16-30(19-21)18-20-5-2-1-3-6-20/h1-3,5-6,8-15,21H,4,7,16-19H2,(H2,28,31)(H,29,32). The Morgan fingerprint density at radius 1 is 0.909 bits per heavy atom. The van der Waals surface area contributed by atoms with Gasteiger partial charge in [0, 0.05) is 30.8 Å². The molecule has 1 saturated heterocycles. The Morgan fingerprint density at radius 2 is 1.55 bits per heavy atom. The van der Waals surface area contributed by atoms with Gasteiger partial charge in [-0.2, -0.15) is 0 Å². The molecule has 1 atom stereocenters. The molecule has 1 heterocycles. The fourth-order valence-electron chi connectivity index (χ4n) is 4.14. The molecule has 0 bridgehead atoms. The quantitative estimate of drug-likeness (QED) is 0.546. The van der Waals surface area contributed by atoms with Gasteiger partial charge in [-0.3, -0.25) is 14.5 Å². The Kier molecular flexibility index (Phi) is 7.37. The summed E-state index contributed by atoms with van der Waals surface area (Å²) in [7, 11) is 0. The summed E-state index contributed by atoms with van der Waals surface area (Å²) in [6.45, 7) is 3.73.